The van der Waals surface area contributed by atoms with Crippen LogP contribution in [0, 0.1) is 0 Å². The molecule has 1 aromatic carbocycles. The number of oxime groups is 1. The number of amidine groups is 1. The molecule has 0 radical (unpaired) electrons. The highest BCUT2D eigenvalue weighted by molar-refractivity contribution is 6.00. The van der Waals surface area contributed by atoms with Crippen molar-refractivity contribution in [3.05, 3.63) is 78.2 Å². The average molecular weight is 364 g/mol. The normalized spacial score (nSPS) is 11.1. The molecule has 2 heterocycles. The Morgan fingerprint density at radius 3 is 2.48 bits per heavy atom. The van der Waals surface area contributed by atoms with E-state index in [0.717, 1.165) is 11.3 Å². The van der Waals surface area contributed by atoms with Gasteiger partial charge in [0.2, 0.25) is 5.88 Å². The van der Waals surface area contributed by atoms with Crippen LogP contribution in [0.3, 0.4) is 0 Å². The minimum Gasteiger partial charge on any atom is -0.497 e. The van der Waals surface area contributed by atoms with Crippen molar-refractivity contribution in [3.63, 3.8) is 0 Å². The van der Waals surface area contributed by atoms with Crippen molar-refractivity contribution in [2.75, 3.05) is 14.2 Å². The summed E-state index contributed by atoms with van der Waals surface area (Å²) in [5, 5.41) is 13.1. The maximum atomic E-state index is 9.62. The van der Waals surface area contributed by atoms with Gasteiger partial charge in [-0.3, -0.25) is 4.98 Å². The molecule has 0 fully saturated rings. The summed E-state index contributed by atoms with van der Waals surface area (Å²) in [6.45, 7) is 0.518. The van der Waals surface area contributed by atoms with Crippen LogP contribution in [0.2, 0.25) is 0 Å². The average Bonchev–Trinajstić information content (AvgIpc) is 2.71. The van der Waals surface area contributed by atoms with Gasteiger partial charge in [-0.15, -0.1) is 0 Å². The number of rotatable bonds is 6. The zero-order valence-corrected chi connectivity index (χ0v) is 15.1. The van der Waals surface area contributed by atoms with E-state index in [-0.39, 0.29) is 0 Å². The lowest BCUT2D eigenvalue weighted by atomic mass is 10.2. The maximum Gasteiger partial charge on any atom is 0.230 e. The highest BCUT2D eigenvalue weighted by Gasteiger charge is 2.17. The molecule has 2 aromatic heterocycles. The monoisotopic (exact) mass is 364 g/mol. The number of hydrogen-bond acceptors (Lipinski definition) is 6. The van der Waals surface area contributed by atoms with Crippen LogP contribution in [0.1, 0.15) is 11.1 Å². The molecule has 0 spiro atoms. The summed E-state index contributed by atoms with van der Waals surface area (Å²) in [6, 6.07) is 14.5. The molecule has 3 aromatic rings. The summed E-state index contributed by atoms with van der Waals surface area (Å²) in [5.74, 6) is 2.02. The first-order chi connectivity index (χ1) is 13.2. The van der Waals surface area contributed by atoms with Gasteiger partial charge in [-0.25, -0.2) is 4.98 Å². The van der Waals surface area contributed by atoms with Gasteiger partial charge in [0.05, 0.1) is 12.7 Å². The third kappa shape index (κ3) is 4.52. The topological polar surface area (TPSA) is 80.1 Å². The van der Waals surface area contributed by atoms with Gasteiger partial charge in [0.1, 0.15) is 11.5 Å². The molecule has 0 unspecified atom stereocenters. The van der Waals surface area contributed by atoms with E-state index in [4.69, 9.17) is 9.47 Å². The molecule has 3 rings (SSSR count). The smallest absolute Gasteiger partial charge is 0.230 e. The second kappa shape index (κ2) is 8.66. The molecule has 0 atom stereocenters. The molecular weight excluding hydrogens is 344 g/mol. The van der Waals surface area contributed by atoms with Crippen LogP contribution >= 0.6 is 0 Å². The number of benzene rings is 1. The van der Waals surface area contributed by atoms with Crippen LogP contribution in [-0.4, -0.2) is 40.1 Å². The van der Waals surface area contributed by atoms with Crippen molar-refractivity contribution < 1.29 is 14.7 Å². The first-order valence-electron chi connectivity index (χ1n) is 8.30. The Kier molecular flexibility index (Phi) is 5.84. The SMILES string of the molecule is COc1ccc(Oc2ncccc2/C(=N/O)N(C)Cc2cccnc2)cc1. The summed E-state index contributed by atoms with van der Waals surface area (Å²) >= 11 is 0. The first-order valence-corrected chi connectivity index (χ1v) is 8.30. The molecule has 0 amide bonds. The van der Waals surface area contributed by atoms with Crippen molar-refractivity contribution >= 4 is 5.84 Å². The highest BCUT2D eigenvalue weighted by Crippen LogP contribution is 2.26. The number of hydrogen-bond donors (Lipinski definition) is 1. The Balaban J connectivity index is 1.84. The molecule has 7 heteroatoms. The number of ether oxygens (including phenoxy) is 2. The molecule has 0 aliphatic heterocycles. The molecule has 138 valence electrons. The van der Waals surface area contributed by atoms with Crippen molar-refractivity contribution in [2.24, 2.45) is 5.16 Å². The maximum absolute atomic E-state index is 9.62. The van der Waals surface area contributed by atoms with Crippen molar-refractivity contribution in [1.29, 1.82) is 0 Å². The predicted molar refractivity (Wildman–Crippen MR) is 101 cm³/mol. The fraction of sp³-hybridized carbons (Fsp3) is 0.150. The van der Waals surface area contributed by atoms with E-state index >= 15 is 0 Å². The van der Waals surface area contributed by atoms with Gasteiger partial charge in [-0.1, -0.05) is 11.2 Å². The zero-order valence-electron chi connectivity index (χ0n) is 15.1. The van der Waals surface area contributed by atoms with E-state index in [2.05, 4.69) is 15.1 Å². The molecule has 0 saturated heterocycles. The fourth-order valence-corrected chi connectivity index (χ4v) is 2.57. The van der Waals surface area contributed by atoms with Crippen LogP contribution in [0.4, 0.5) is 0 Å². The van der Waals surface area contributed by atoms with Crippen LogP contribution in [0.15, 0.2) is 72.3 Å². The summed E-state index contributed by atoms with van der Waals surface area (Å²) < 4.78 is 11.0. The summed E-state index contributed by atoms with van der Waals surface area (Å²) in [6.07, 6.45) is 5.11. The van der Waals surface area contributed by atoms with Crippen LogP contribution in [0.5, 0.6) is 17.4 Å². The molecule has 27 heavy (non-hydrogen) atoms. The molecule has 0 aliphatic carbocycles. The summed E-state index contributed by atoms with van der Waals surface area (Å²) in [4.78, 5) is 10.2. The lowest BCUT2D eigenvalue weighted by Crippen LogP contribution is -2.27. The van der Waals surface area contributed by atoms with E-state index in [0.29, 0.717) is 29.6 Å². The lowest BCUT2D eigenvalue weighted by molar-refractivity contribution is 0.305. The Labute approximate surface area is 157 Å². The minimum atomic E-state index is 0.341. The standard InChI is InChI=1S/C20H20N4O3/c1-24(14-15-5-3-11-21-13-15)19(23-25)18-6-4-12-22-20(18)27-17-9-7-16(26-2)8-10-17/h3-13,25H,14H2,1-2H3/b23-19-. The summed E-state index contributed by atoms with van der Waals surface area (Å²) in [5.41, 5.74) is 1.56. The third-order valence-corrected chi connectivity index (χ3v) is 3.88. The van der Waals surface area contributed by atoms with Gasteiger partial charge in [0.15, 0.2) is 5.84 Å². The Morgan fingerprint density at radius 2 is 1.81 bits per heavy atom. The molecule has 7 nitrogen and oxygen atoms in total. The van der Waals surface area contributed by atoms with E-state index in [1.165, 1.54) is 0 Å². The number of methoxy groups -OCH3 is 1. The number of pyridine rings is 2. The molecule has 1 N–H and O–H groups in total. The van der Waals surface area contributed by atoms with Crippen molar-refractivity contribution in [1.82, 2.24) is 14.9 Å². The van der Waals surface area contributed by atoms with Crippen LogP contribution in [-0.2, 0) is 6.54 Å². The molecule has 0 bridgehead atoms. The molecule has 0 saturated carbocycles. The highest BCUT2D eigenvalue weighted by atomic mass is 16.5. The Morgan fingerprint density at radius 1 is 1.07 bits per heavy atom. The van der Waals surface area contributed by atoms with E-state index in [1.807, 2.05) is 19.2 Å². The van der Waals surface area contributed by atoms with Gasteiger partial charge in [-0.2, -0.15) is 0 Å². The second-order valence-electron chi connectivity index (χ2n) is 5.77. The van der Waals surface area contributed by atoms with Crippen molar-refractivity contribution in [3.8, 4) is 17.4 Å². The van der Waals surface area contributed by atoms with Gasteiger partial charge in [0.25, 0.3) is 0 Å². The predicted octanol–water partition coefficient (Wildman–Crippen LogP) is 3.55. The van der Waals surface area contributed by atoms with Crippen molar-refractivity contribution in [2.45, 2.75) is 6.54 Å². The Bertz CT molecular complexity index is 899. The lowest BCUT2D eigenvalue weighted by Gasteiger charge is -2.21. The fourth-order valence-electron chi connectivity index (χ4n) is 2.57. The van der Waals surface area contributed by atoms with Crippen LogP contribution < -0.4 is 9.47 Å². The third-order valence-electron chi connectivity index (χ3n) is 3.88. The molecular formula is C20H20N4O3. The second-order valence-corrected chi connectivity index (χ2v) is 5.77. The van der Waals surface area contributed by atoms with E-state index in [9.17, 15) is 5.21 Å². The first kappa shape index (κ1) is 18.2. The number of aromatic nitrogens is 2. The Hall–Kier alpha value is -3.61. The van der Waals surface area contributed by atoms with Gasteiger partial charge >= 0.3 is 0 Å². The minimum absolute atomic E-state index is 0.341. The van der Waals surface area contributed by atoms with E-state index in [1.54, 1.807) is 67.0 Å². The largest absolute Gasteiger partial charge is 0.497 e. The molecule has 0 aliphatic rings. The quantitative estimate of drug-likeness (QED) is 0.312. The van der Waals surface area contributed by atoms with Gasteiger partial charge in [-0.05, 0) is 48.0 Å². The van der Waals surface area contributed by atoms with E-state index < -0.39 is 0 Å². The van der Waals surface area contributed by atoms with Gasteiger partial charge < -0.3 is 19.6 Å². The number of nitrogens with zero attached hydrogens (tertiary/aromatic N) is 4. The van der Waals surface area contributed by atoms with Crippen LogP contribution in [0.25, 0.3) is 0 Å². The van der Waals surface area contributed by atoms with Gasteiger partial charge in [0, 0.05) is 32.2 Å². The zero-order chi connectivity index (χ0) is 19.1. The summed E-state index contributed by atoms with van der Waals surface area (Å²) in [7, 11) is 3.43.